The van der Waals surface area contributed by atoms with Crippen molar-refractivity contribution in [3.05, 3.63) is 51.5 Å². The molecule has 1 heterocycles. The molecular formula is C16H22N2S. The average Bonchev–Trinajstić information content (AvgIpc) is 2.87. The molecule has 0 aliphatic rings. The van der Waals surface area contributed by atoms with Crippen molar-refractivity contribution in [2.24, 2.45) is 5.73 Å². The summed E-state index contributed by atoms with van der Waals surface area (Å²) in [7, 11) is 0. The number of nitrogens with zero attached hydrogens (tertiary/aromatic N) is 1. The van der Waals surface area contributed by atoms with E-state index < -0.39 is 0 Å². The highest BCUT2D eigenvalue weighted by Crippen LogP contribution is 2.28. The van der Waals surface area contributed by atoms with Crippen molar-refractivity contribution >= 4 is 11.3 Å². The van der Waals surface area contributed by atoms with Crippen molar-refractivity contribution in [2.45, 2.75) is 45.6 Å². The molecule has 1 aromatic carbocycles. The van der Waals surface area contributed by atoms with Gasteiger partial charge in [0.1, 0.15) is 5.01 Å². The van der Waals surface area contributed by atoms with Crippen LogP contribution in [0.2, 0.25) is 0 Å². The molecule has 0 aliphatic carbocycles. The number of nitrogens with two attached hydrogens (primary N) is 1. The predicted molar refractivity (Wildman–Crippen MR) is 82.7 cm³/mol. The molecule has 1 aromatic heterocycles. The fraction of sp³-hybridized carbons (Fsp3) is 0.438. The second-order valence-corrected chi connectivity index (χ2v) is 6.78. The molecule has 1 atom stereocenters. The zero-order valence-corrected chi connectivity index (χ0v) is 12.9. The lowest BCUT2D eigenvalue weighted by Gasteiger charge is -2.15. The third kappa shape index (κ3) is 3.23. The molecule has 0 amide bonds. The van der Waals surface area contributed by atoms with Crippen LogP contribution in [0.1, 0.15) is 55.6 Å². The Morgan fingerprint density at radius 3 is 2.32 bits per heavy atom. The molecule has 0 aliphatic heterocycles. The Balaban J connectivity index is 2.23. The summed E-state index contributed by atoms with van der Waals surface area (Å²) in [6.07, 6.45) is 1.06. The maximum atomic E-state index is 6.31. The van der Waals surface area contributed by atoms with E-state index in [1.807, 2.05) is 0 Å². The van der Waals surface area contributed by atoms with Crippen LogP contribution in [0.15, 0.2) is 29.6 Å². The van der Waals surface area contributed by atoms with E-state index in [0.29, 0.717) is 0 Å². The Kier molecular flexibility index (Phi) is 4.07. The molecule has 0 radical (unpaired) electrons. The van der Waals surface area contributed by atoms with Gasteiger partial charge in [-0.25, -0.2) is 4.98 Å². The number of aryl methyl sites for hydroxylation is 1. The standard InChI is InChI=1S/C16H22N2S/c1-5-11-6-8-12(9-7-11)14(17)15-18-13(10-19-15)16(2,3)4/h6-10,14H,5,17H2,1-4H3. The van der Waals surface area contributed by atoms with Crippen LogP contribution in [-0.4, -0.2) is 4.98 Å². The van der Waals surface area contributed by atoms with Crippen LogP contribution in [-0.2, 0) is 11.8 Å². The number of aromatic nitrogens is 1. The summed E-state index contributed by atoms with van der Waals surface area (Å²) in [5, 5.41) is 3.12. The first-order valence-electron chi connectivity index (χ1n) is 6.72. The molecule has 19 heavy (non-hydrogen) atoms. The van der Waals surface area contributed by atoms with Gasteiger partial charge in [0.25, 0.3) is 0 Å². The third-order valence-corrected chi connectivity index (χ3v) is 4.23. The summed E-state index contributed by atoms with van der Waals surface area (Å²) < 4.78 is 0. The van der Waals surface area contributed by atoms with Gasteiger partial charge in [-0.15, -0.1) is 11.3 Å². The van der Waals surface area contributed by atoms with Crippen LogP contribution >= 0.6 is 11.3 Å². The summed E-state index contributed by atoms with van der Waals surface area (Å²) in [4.78, 5) is 4.69. The molecule has 0 saturated heterocycles. The van der Waals surface area contributed by atoms with Crippen LogP contribution in [0.25, 0.3) is 0 Å². The molecule has 0 bridgehead atoms. The highest BCUT2D eigenvalue weighted by Gasteiger charge is 2.20. The van der Waals surface area contributed by atoms with E-state index in [9.17, 15) is 0 Å². The van der Waals surface area contributed by atoms with Crippen molar-refractivity contribution in [3.8, 4) is 0 Å². The van der Waals surface area contributed by atoms with E-state index in [1.54, 1.807) is 11.3 Å². The smallest absolute Gasteiger partial charge is 0.114 e. The molecule has 2 aromatic rings. The Bertz CT molecular complexity index is 535. The first kappa shape index (κ1) is 14.2. The number of rotatable bonds is 3. The number of hydrogen-bond donors (Lipinski definition) is 1. The zero-order chi connectivity index (χ0) is 14.0. The normalized spacial score (nSPS) is 13.5. The molecule has 0 saturated carbocycles. The lowest BCUT2D eigenvalue weighted by Crippen LogP contribution is -2.15. The number of benzene rings is 1. The van der Waals surface area contributed by atoms with E-state index >= 15 is 0 Å². The van der Waals surface area contributed by atoms with Crippen LogP contribution in [0, 0.1) is 0 Å². The van der Waals surface area contributed by atoms with Crippen molar-refractivity contribution in [1.29, 1.82) is 0 Å². The van der Waals surface area contributed by atoms with Crippen LogP contribution in [0.4, 0.5) is 0 Å². The summed E-state index contributed by atoms with van der Waals surface area (Å²) >= 11 is 1.65. The topological polar surface area (TPSA) is 38.9 Å². The van der Waals surface area contributed by atoms with Crippen LogP contribution in [0.3, 0.4) is 0 Å². The first-order chi connectivity index (χ1) is 8.91. The van der Waals surface area contributed by atoms with E-state index in [1.165, 1.54) is 5.56 Å². The van der Waals surface area contributed by atoms with E-state index in [4.69, 9.17) is 10.7 Å². The molecular weight excluding hydrogens is 252 g/mol. The van der Waals surface area contributed by atoms with Crippen LogP contribution in [0.5, 0.6) is 0 Å². The minimum atomic E-state index is -0.119. The summed E-state index contributed by atoms with van der Waals surface area (Å²) in [6.45, 7) is 8.68. The molecule has 102 valence electrons. The Morgan fingerprint density at radius 1 is 1.21 bits per heavy atom. The van der Waals surface area contributed by atoms with E-state index in [-0.39, 0.29) is 11.5 Å². The molecule has 2 N–H and O–H groups in total. The minimum Gasteiger partial charge on any atom is -0.318 e. The van der Waals surface area contributed by atoms with Crippen LogP contribution < -0.4 is 5.73 Å². The zero-order valence-electron chi connectivity index (χ0n) is 12.1. The van der Waals surface area contributed by atoms with Gasteiger partial charge >= 0.3 is 0 Å². The summed E-state index contributed by atoms with van der Waals surface area (Å²) in [6, 6.07) is 8.40. The lowest BCUT2D eigenvalue weighted by atomic mass is 9.93. The number of hydrogen-bond acceptors (Lipinski definition) is 3. The highest BCUT2D eigenvalue weighted by molar-refractivity contribution is 7.09. The van der Waals surface area contributed by atoms with Crippen molar-refractivity contribution in [2.75, 3.05) is 0 Å². The fourth-order valence-electron chi connectivity index (χ4n) is 1.88. The second kappa shape index (κ2) is 5.43. The fourth-order valence-corrected chi connectivity index (χ4v) is 2.95. The molecule has 0 fully saturated rings. The highest BCUT2D eigenvalue weighted by atomic mass is 32.1. The van der Waals surface area contributed by atoms with E-state index in [2.05, 4.69) is 57.3 Å². The SMILES string of the molecule is CCc1ccc(C(N)c2nc(C(C)(C)C)cs2)cc1. The number of thiazole rings is 1. The lowest BCUT2D eigenvalue weighted by molar-refractivity contribution is 0.569. The van der Waals surface area contributed by atoms with Gasteiger partial charge < -0.3 is 5.73 Å². The summed E-state index contributed by atoms with van der Waals surface area (Å²) in [5.41, 5.74) is 9.98. The molecule has 1 unspecified atom stereocenters. The Labute approximate surface area is 119 Å². The molecule has 3 heteroatoms. The maximum Gasteiger partial charge on any atom is 0.114 e. The van der Waals surface area contributed by atoms with Gasteiger partial charge in [0.2, 0.25) is 0 Å². The Morgan fingerprint density at radius 2 is 1.84 bits per heavy atom. The third-order valence-electron chi connectivity index (χ3n) is 3.30. The van der Waals surface area contributed by atoms with Crippen molar-refractivity contribution in [1.82, 2.24) is 4.98 Å². The molecule has 0 spiro atoms. The maximum absolute atomic E-state index is 6.31. The monoisotopic (exact) mass is 274 g/mol. The van der Waals surface area contributed by atoms with Crippen molar-refractivity contribution < 1.29 is 0 Å². The van der Waals surface area contributed by atoms with Gasteiger partial charge in [-0.05, 0) is 17.5 Å². The van der Waals surface area contributed by atoms with Gasteiger partial charge in [-0.2, -0.15) is 0 Å². The van der Waals surface area contributed by atoms with Gasteiger partial charge in [0.05, 0.1) is 11.7 Å². The second-order valence-electron chi connectivity index (χ2n) is 5.89. The molecule has 2 nitrogen and oxygen atoms in total. The largest absolute Gasteiger partial charge is 0.318 e. The van der Waals surface area contributed by atoms with Gasteiger partial charge in [-0.1, -0.05) is 52.0 Å². The predicted octanol–water partition coefficient (Wildman–Crippen LogP) is 4.05. The van der Waals surface area contributed by atoms with E-state index in [0.717, 1.165) is 22.7 Å². The van der Waals surface area contributed by atoms with Gasteiger partial charge in [0, 0.05) is 10.8 Å². The van der Waals surface area contributed by atoms with Gasteiger partial charge in [-0.3, -0.25) is 0 Å². The van der Waals surface area contributed by atoms with Gasteiger partial charge in [0.15, 0.2) is 0 Å². The minimum absolute atomic E-state index is 0.0839. The quantitative estimate of drug-likeness (QED) is 0.917. The Hall–Kier alpha value is -1.19. The van der Waals surface area contributed by atoms with Crippen molar-refractivity contribution in [3.63, 3.8) is 0 Å². The first-order valence-corrected chi connectivity index (χ1v) is 7.60. The molecule has 2 rings (SSSR count). The summed E-state index contributed by atoms with van der Waals surface area (Å²) in [5.74, 6) is 0. The average molecular weight is 274 g/mol.